The van der Waals surface area contributed by atoms with Gasteiger partial charge in [-0.15, -0.1) is 0 Å². The van der Waals surface area contributed by atoms with Crippen LogP contribution in [0.15, 0.2) is 18.2 Å². The molecular formula is C12H18F2N2O. The zero-order valence-electron chi connectivity index (χ0n) is 10.1. The number of halogens is 2. The number of rotatable bonds is 6. The summed E-state index contributed by atoms with van der Waals surface area (Å²) in [6, 6.07) is 5.26. The average molecular weight is 244 g/mol. The van der Waals surface area contributed by atoms with Gasteiger partial charge in [-0.1, -0.05) is 0 Å². The summed E-state index contributed by atoms with van der Waals surface area (Å²) in [5.41, 5.74) is 7.11. The van der Waals surface area contributed by atoms with Crippen molar-refractivity contribution >= 4 is 5.69 Å². The molecule has 0 heterocycles. The molecule has 96 valence electrons. The van der Waals surface area contributed by atoms with Gasteiger partial charge in [0.15, 0.2) is 0 Å². The summed E-state index contributed by atoms with van der Waals surface area (Å²) in [4.78, 5) is 1.54. The van der Waals surface area contributed by atoms with E-state index in [2.05, 4.69) is 0 Å². The van der Waals surface area contributed by atoms with Gasteiger partial charge in [0.25, 0.3) is 6.43 Å². The third-order valence-corrected chi connectivity index (χ3v) is 2.27. The van der Waals surface area contributed by atoms with E-state index < -0.39 is 6.43 Å². The summed E-state index contributed by atoms with van der Waals surface area (Å²) >= 11 is 0. The summed E-state index contributed by atoms with van der Waals surface area (Å²) < 4.78 is 29.9. The molecule has 0 atom stereocenters. The normalized spacial score (nSPS) is 11.2. The highest BCUT2D eigenvalue weighted by Gasteiger charge is 2.11. The second kappa shape index (κ2) is 6.39. The maximum atomic E-state index is 12.2. The highest BCUT2D eigenvalue weighted by atomic mass is 19.3. The minimum atomic E-state index is -2.34. The zero-order valence-corrected chi connectivity index (χ0v) is 10.1. The van der Waals surface area contributed by atoms with E-state index in [1.54, 1.807) is 30.1 Å². The number of nitrogens with two attached hydrogens (primary N) is 1. The second-order valence-electron chi connectivity index (χ2n) is 3.89. The lowest BCUT2D eigenvalue weighted by Gasteiger charge is -2.18. The van der Waals surface area contributed by atoms with Crippen LogP contribution in [0.1, 0.15) is 12.5 Å². The van der Waals surface area contributed by atoms with Gasteiger partial charge in [0.05, 0.1) is 13.2 Å². The van der Waals surface area contributed by atoms with Gasteiger partial charge >= 0.3 is 0 Å². The van der Waals surface area contributed by atoms with Gasteiger partial charge in [-0.05, 0) is 32.2 Å². The van der Waals surface area contributed by atoms with Crippen molar-refractivity contribution in [1.82, 2.24) is 4.90 Å². The summed E-state index contributed by atoms with van der Waals surface area (Å²) in [5.74, 6) is 0.697. The third-order valence-electron chi connectivity index (χ3n) is 2.27. The highest BCUT2D eigenvalue weighted by Crippen LogP contribution is 2.23. The number of nitrogens with zero attached hydrogens (tertiary/aromatic N) is 1. The van der Waals surface area contributed by atoms with E-state index in [9.17, 15) is 8.78 Å². The van der Waals surface area contributed by atoms with Gasteiger partial charge in [0.2, 0.25) is 0 Å². The van der Waals surface area contributed by atoms with Gasteiger partial charge in [-0.2, -0.15) is 0 Å². The van der Waals surface area contributed by atoms with Crippen LogP contribution in [0.25, 0.3) is 0 Å². The largest absolute Gasteiger partial charge is 0.494 e. The van der Waals surface area contributed by atoms with Gasteiger partial charge in [0, 0.05) is 17.8 Å². The SMILES string of the molecule is CCOc1ccc(N)cc1CN(C)CC(F)F. The summed E-state index contributed by atoms with van der Waals surface area (Å²) in [7, 11) is 1.64. The Morgan fingerprint density at radius 1 is 1.41 bits per heavy atom. The predicted octanol–water partition coefficient (Wildman–Crippen LogP) is 2.36. The molecule has 5 heteroatoms. The van der Waals surface area contributed by atoms with Crippen LogP contribution in [0.2, 0.25) is 0 Å². The van der Waals surface area contributed by atoms with Crippen LogP contribution >= 0.6 is 0 Å². The first-order chi connectivity index (χ1) is 8.02. The monoisotopic (exact) mass is 244 g/mol. The van der Waals surface area contributed by atoms with Crippen molar-refractivity contribution in [2.24, 2.45) is 0 Å². The molecule has 0 aliphatic heterocycles. The Morgan fingerprint density at radius 2 is 2.12 bits per heavy atom. The maximum absolute atomic E-state index is 12.2. The predicted molar refractivity (Wildman–Crippen MR) is 64.4 cm³/mol. The fraction of sp³-hybridized carbons (Fsp3) is 0.500. The van der Waals surface area contributed by atoms with E-state index in [4.69, 9.17) is 10.5 Å². The van der Waals surface area contributed by atoms with Gasteiger partial charge in [0.1, 0.15) is 5.75 Å². The Balaban J connectivity index is 2.76. The lowest BCUT2D eigenvalue weighted by molar-refractivity contribution is 0.0971. The Morgan fingerprint density at radius 3 is 2.71 bits per heavy atom. The van der Waals surface area contributed by atoms with Crippen molar-refractivity contribution in [3.63, 3.8) is 0 Å². The molecule has 0 spiro atoms. The molecule has 17 heavy (non-hydrogen) atoms. The quantitative estimate of drug-likeness (QED) is 0.781. The number of ether oxygens (including phenoxy) is 1. The van der Waals surface area contributed by atoms with Crippen molar-refractivity contribution in [2.45, 2.75) is 19.9 Å². The molecule has 1 rings (SSSR count). The summed E-state index contributed by atoms with van der Waals surface area (Å²) in [6.45, 7) is 2.55. The van der Waals surface area contributed by atoms with E-state index in [0.717, 1.165) is 5.56 Å². The molecule has 1 aromatic rings. The van der Waals surface area contributed by atoms with Crippen molar-refractivity contribution in [2.75, 3.05) is 25.9 Å². The number of hydrogen-bond acceptors (Lipinski definition) is 3. The Labute approximate surface area is 100 Å². The van der Waals surface area contributed by atoms with Crippen LogP contribution in [0.4, 0.5) is 14.5 Å². The lowest BCUT2D eigenvalue weighted by atomic mass is 10.1. The van der Waals surface area contributed by atoms with Crippen molar-refractivity contribution < 1.29 is 13.5 Å². The van der Waals surface area contributed by atoms with Gasteiger partial charge in [-0.3, -0.25) is 4.90 Å². The molecule has 0 saturated carbocycles. The first-order valence-corrected chi connectivity index (χ1v) is 5.50. The lowest BCUT2D eigenvalue weighted by Crippen LogP contribution is -2.24. The average Bonchev–Trinajstić information content (AvgIpc) is 2.21. The number of nitrogen functional groups attached to an aromatic ring is 1. The van der Waals surface area contributed by atoms with E-state index in [1.165, 1.54) is 0 Å². The minimum absolute atomic E-state index is 0.264. The number of benzene rings is 1. The molecule has 0 bridgehead atoms. The fourth-order valence-corrected chi connectivity index (χ4v) is 1.61. The van der Waals surface area contributed by atoms with Crippen LogP contribution in [0.5, 0.6) is 5.75 Å². The van der Waals surface area contributed by atoms with Gasteiger partial charge in [-0.25, -0.2) is 8.78 Å². The number of alkyl halides is 2. The van der Waals surface area contributed by atoms with E-state index in [0.29, 0.717) is 24.6 Å². The fourth-order valence-electron chi connectivity index (χ4n) is 1.61. The minimum Gasteiger partial charge on any atom is -0.494 e. The molecular weight excluding hydrogens is 226 g/mol. The molecule has 0 radical (unpaired) electrons. The molecule has 0 amide bonds. The maximum Gasteiger partial charge on any atom is 0.251 e. The molecule has 2 N–H and O–H groups in total. The molecule has 0 aliphatic rings. The molecule has 0 fully saturated rings. The van der Waals surface area contributed by atoms with E-state index in [-0.39, 0.29) is 6.54 Å². The first kappa shape index (κ1) is 13.7. The van der Waals surface area contributed by atoms with Crippen molar-refractivity contribution in [3.8, 4) is 5.75 Å². The number of hydrogen-bond donors (Lipinski definition) is 1. The van der Waals surface area contributed by atoms with E-state index >= 15 is 0 Å². The van der Waals surface area contributed by atoms with Crippen molar-refractivity contribution in [1.29, 1.82) is 0 Å². The zero-order chi connectivity index (χ0) is 12.8. The standard InChI is InChI=1S/C12H18F2N2O/c1-3-17-11-5-4-10(15)6-9(11)7-16(2)8-12(13)14/h4-6,12H,3,7-8,15H2,1-2H3. The molecule has 0 saturated heterocycles. The summed E-state index contributed by atoms with van der Waals surface area (Å²) in [6.07, 6.45) is -2.34. The molecule has 0 aromatic heterocycles. The molecule has 1 aromatic carbocycles. The van der Waals surface area contributed by atoms with Crippen LogP contribution in [-0.2, 0) is 6.54 Å². The third kappa shape index (κ3) is 4.56. The Kier molecular flexibility index (Phi) is 5.15. The van der Waals surface area contributed by atoms with Crippen LogP contribution in [0.3, 0.4) is 0 Å². The topological polar surface area (TPSA) is 38.5 Å². The molecule has 0 unspecified atom stereocenters. The Hall–Kier alpha value is -1.36. The highest BCUT2D eigenvalue weighted by molar-refractivity contribution is 5.47. The van der Waals surface area contributed by atoms with Crippen molar-refractivity contribution in [3.05, 3.63) is 23.8 Å². The van der Waals surface area contributed by atoms with E-state index in [1.807, 2.05) is 6.92 Å². The number of anilines is 1. The van der Waals surface area contributed by atoms with Gasteiger partial charge < -0.3 is 10.5 Å². The molecule has 3 nitrogen and oxygen atoms in total. The Bertz CT molecular complexity index is 358. The second-order valence-corrected chi connectivity index (χ2v) is 3.89. The van der Waals surface area contributed by atoms with Crippen LogP contribution in [-0.4, -0.2) is 31.5 Å². The van der Waals surface area contributed by atoms with Crippen LogP contribution in [0, 0.1) is 0 Å². The van der Waals surface area contributed by atoms with Crippen LogP contribution < -0.4 is 10.5 Å². The smallest absolute Gasteiger partial charge is 0.251 e. The summed E-state index contributed by atoms with van der Waals surface area (Å²) in [5, 5.41) is 0. The molecule has 0 aliphatic carbocycles. The first-order valence-electron chi connectivity index (χ1n) is 5.50.